The predicted molar refractivity (Wildman–Crippen MR) is 91.4 cm³/mol. The highest BCUT2D eigenvalue weighted by Crippen LogP contribution is 2.40. The molecule has 1 fully saturated rings. The van der Waals surface area contributed by atoms with Crippen molar-refractivity contribution in [2.75, 3.05) is 13.1 Å². The van der Waals surface area contributed by atoms with Crippen molar-refractivity contribution in [2.24, 2.45) is 17.1 Å². The molecule has 2 rings (SSSR count). The first-order valence-corrected chi connectivity index (χ1v) is 8.50. The minimum Gasteiger partial charge on any atom is -0.330 e. The molecule has 3 N–H and O–H groups in total. The van der Waals surface area contributed by atoms with Gasteiger partial charge in [-0.2, -0.15) is 0 Å². The molecule has 1 aliphatic rings. The van der Waals surface area contributed by atoms with Crippen molar-refractivity contribution < 1.29 is 0 Å². The first-order chi connectivity index (χ1) is 10.0. The maximum Gasteiger partial charge on any atom is 0.0143 e. The van der Waals surface area contributed by atoms with Crippen LogP contribution in [0.25, 0.3) is 0 Å². The lowest BCUT2D eigenvalue weighted by Gasteiger charge is -2.30. The third-order valence-electron chi connectivity index (χ3n) is 4.89. The second-order valence-corrected chi connectivity index (χ2v) is 7.60. The molecular weight excluding hydrogens is 256 g/mol. The molecule has 2 nitrogen and oxygen atoms in total. The van der Waals surface area contributed by atoms with Crippen molar-refractivity contribution in [3.63, 3.8) is 0 Å². The highest BCUT2D eigenvalue weighted by atomic mass is 15.0. The van der Waals surface area contributed by atoms with Gasteiger partial charge in [0.25, 0.3) is 0 Å². The number of nitrogens with two attached hydrogens (primary N) is 1. The van der Waals surface area contributed by atoms with Crippen LogP contribution in [0.2, 0.25) is 0 Å². The minimum absolute atomic E-state index is 0.380. The lowest BCUT2D eigenvalue weighted by atomic mass is 9.76. The first-order valence-electron chi connectivity index (χ1n) is 8.50. The quantitative estimate of drug-likeness (QED) is 0.711. The Hall–Kier alpha value is -0.860. The topological polar surface area (TPSA) is 38.0 Å². The van der Waals surface area contributed by atoms with Crippen molar-refractivity contribution >= 4 is 0 Å². The van der Waals surface area contributed by atoms with Gasteiger partial charge in [0, 0.05) is 12.0 Å². The Morgan fingerprint density at radius 1 is 1.19 bits per heavy atom. The summed E-state index contributed by atoms with van der Waals surface area (Å²) in [6, 6.07) is 11.6. The normalized spacial score (nSPS) is 23.0. The molecule has 0 bridgehead atoms. The molecule has 1 aromatic carbocycles. The van der Waals surface area contributed by atoms with Crippen molar-refractivity contribution in [1.82, 2.24) is 5.32 Å². The molecule has 0 saturated heterocycles. The van der Waals surface area contributed by atoms with Gasteiger partial charge in [-0.25, -0.2) is 0 Å². The van der Waals surface area contributed by atoms with E-state index in [4.69, 9.17) is 5.73 Å². The lowest BCUT2D eigenvalue weighted by molar-refractivity contribution is 0.210. The molecule has 0 radical (unpaired) electrons. The molecule has 0 spiro atoms. The van der Waals surface area contributed by atoms with Gasteiger partial charge in [0.1, 0.15) is 0 Å². The van der Waals surface area contributed by atoms with E-state index >= 15 is 0 Å². The van der Waals surface area contributed by atoms with Crippen molar-refractivity contribution in [1.29, 1.82) is 0 Å². The van der Waals surface area contributed by atoms with Crippen molar-refractivity contribution in [2.45, 2.75) is 58.4 Å². The van der Waals surface area contributed by atoms with Crippen molar-refractivity contribution in [3.05, 3.63) is 35.9 Å². The van der Waals surface area contributed by atoms with Crippen LogP contribution in [0.1, 0.15) is 57.9 Å². The van der Waals surface area contributed by atoms with E-state index in [9.17, 15) is 0 Å². The van der Waals surface area contributed by atoms with Gasteiger partial charge in [0.05, 0.1) is 0 Å². The van der Waals surface area contributed by atoms with Crippen LogP contribution in [0.3, 0.4) is 0 Å². The number of nitrogens with one attached hydrogen (secondary N) is 1. The Morgan fingerprint density at radius 2 is 1.90 bits per heavy atom. The van der Waals surface area contributed by atoms with E-state index < -0.39 is 0 Å². The van der Waals surface area contributed by atoms with Crippen LogP contribution >= 0.6 is 0 Å². The molecule has 21 heavy (non-hydrogen) atoms. The van der Waals surface area contributed by atoms with Crippen LogP contribution in [-0.4, -0.2) is 19.1 Å². The molecular formula is C19H32N2. The zero-order valence-corrected chi connectivity index (χ0v) is 13.9. The van der Waals surface area contributed by atoms with Gasteiger partial charge in [-0.1, -0.05) is 51.1 Å². The summed E-state index contributed by atoms with van der Waals surface area (Å²) in [6.07, 6.45) is 5.01. The zero-order chi connectivity index (χ0) is 15.3. The fourth-order valence-electron chi connectivity index (χ4n) is 3.34. The highest BCUT2D eigenvalue weighted by molar-refractivity contribution is 5.27. The molecule has 0 heterocycles. The van der Waals surface area contributed by atoms with Gasteiger partial charge in [-0.05, 0) is 55.7 Å². The maximum atomic E-state index is 5.76. The third kappa shape index (κ3) is 5.12. The van der Waals surface area contributed by atoms with E-state index in [2.05, 4.69) is 56.4 Å². The standard InChI is InChI=1S/C19H32N2/c1-19(2,3)16(11-12-20)10-7-13-21-18-14-17(18)15-8-5-4-6-9-15/h4-6,8-9,16-18,21H,7,10-14,20H2,1-3H3. The van der Waals surface area contributed by atoms with Crippen molar-refractivity contribution in [3.8, 4) is 0 Å². The van der Waals surface area contributed by atoms with Gasteiger partial charge < -0.3 is 11.1 Å². The van der Waals surface area contributed by atoms with E-state index in [1.165, 1.54) is 24.8 Å². The largest absolute Gasteiger partial charge is 0.330 e. The number of hydrogen-bond donors (Lipinski definition) is 2. The maximum absolute atomic E-state index is 5.76. The van der Waals surface area contributed by atoms with Crippen LogP contribution in [0, 0.1) is 11.3 Å². The van der Waals surface area contributed by atoms with E-state index in [0.29, 0.717) is 11.5 Å². The number of hydrogen-bond acceptors (Lipinski definition) is 2. The molecule has 0 aliphatic heterocycles. The first kappa shape index (κ1) is 16.5. The summed E-state index contributed by atoms with van der Waals surface area (Å²) in [4.78, 5) is 0. The second kappa shape index (κ2) is 7.42. The molecule has 1 aromatic rings. The van der Waals surface area contributed by atoms with Gasteiger partial charge >= 0.3 is 0 Å². The SMILES string of the molecule is CC(C)(C)C(CCN)CCCNC1CC1c1ccccc1. The van der Waals surface area contributed by atoms with Gasteiger partial charge in [0.2, 0.25) is 0 Å². The van der Waals surface area contributed by atoms with E-state index in [1.54, 1.807) is 0 Å². The molecule has 1 aliphatic carbocycles. The molecule has 1 saturated carbocycles. The molecule has 118 valence electrons. The summed E-state index contributed by atoms with van der Waals surface area (Å²) in [7, 11) is 0. The van der Waals surface area contributed by atoms with Crippen LogP contribution < -0.4 is 11.1 Å². The van der Waals surface area contributed by atoms with E-state index in [0.717, 1.165) is 31.3 Å². The summed E-state index contributed by atoms with van der Waals surface area (Å²) in [5.41, 5.74) is 7.63. The summed E-state index contributed by atoms with van der Waals surface area (Å²) < 4.78 is 0. The third-order valence-corrected chi connectivity index (χ3v) is 4.89. The summed E-state index contributed by atoms with van der Waals surface area (Å²) in [5, 5.41) is 3.72. The van der Waals surface area contributed by atoms with Crippen LogP contribution in [-0.2, 0) is 0 Å². The Bertz CT molecular complexity index is 407. The van der Waals surface area contributed by atoms with Gasteiger partial charge in [0.15, 0.2) is 0 Å². The fraction of sp³-hybridized carbons (Fsp3) is 0.684. The Balaban J connectivity index is 1.65. The number of rotatable bonds is 8. The molecule has 0 aromatic heterocycles. The predicted octanol–water partition coefficient (Wildman–Crippen LogP) is 3.92. The summed E-state index contributed by atoms with van der Waals surface area (Å²) in [6.45, 7) is 8.98. The molecule has 3 unspecified atom stereocenters. The molecule has 0 amide bonds. The fourth-order valence-corrected chi connectivity index (χ4v) is 3.34. The average Bonchev–Trinajstić information content (AvgIpc) is 3.21. The van der Waals surface area contributed by atoms with Crippen LogP contribution in [0.4, 0.5) is 0 Å². The monoisotopic (exact) mass is 288 g/mol. The second-order valence-electron chi connectivity index (χ2n) is 7.60. The Labute approximate surface area is 130 Å². The van der Waals surface area contributed by atoms with Crippen LogP contribution in [0.5, 0.6) is 0 Å². The van der Waals surface area contributed by atoms with Gasteiger partial charge in [-0.3, -0.25) is 0 Å². The molecule has 2 heteroatoms. The molecule has 3 atom stereocenters. The number of benzene rings is 1. The average molecular weight is 288 g/mol. The Morgan fingerprint density at radius 3 is 2.52 bits per heavy atom. The summed E-state index contributed by atoms with van der Waals surface area (Å²) >= 11 is 0. The smallest absolute Gasteiger partial charge is 0.0143 e. The summed E-state index contributed by atoms with van der Waals surface area (Å²) in [5.74, 6) is 1.49. The van der Waals surface area contributed by atoms with E-state index in [1.807, 2.05) is 0 Å². The van der Waals surface area contributed by atoms with E-state index in [-0.39, 0.29) is 0 Å². The Kier molecular flexibility index (Phi) is 5.83. The minimum atomic E-state index is 0.380. The highest BCUT2D eigenvalue weighted by Gasteiger charge is 2.37. The lowest BCUT2D eigenvalue weighted by Crippen LogP contribution is -2.25. The van der Waals surface area contributed by atoms with Crippen LogP contribution in [0.15, 0.2) is 30.3 Å². The zero-order valence-electron chi connectivity index (χ0n) is 13.9. The van der Waals surface area contributed by atoms with Gasteiger partial charge in [-0.15, -0.1) is 0 Å².